The van der Waals surface area contributed by atoms with Crippen LogP contribution in [0, 0.1) is 0 Å². The van der Waals surface area contributed by atoms with E-state index in [2.05, 4.69) is 232 Å². The Morgan fingerprint density at radius 1 is 0.181 bits per heavy atom. The Morgan fingerprint density at radius 2 is 0.341 bits per heavy atom. The molecule has 672 valence electrons. The van der Waals surface area contributed by atoms with Gasteiger partial charge < -0.3 is 9.47 Å². The summed E-state index contributed by atoms with van der Waals surface area (Å²) in [5, 5.41) is 5.73. The third-order valence-corrected chi connectivity index (χ3v) is 22.4. The number of carbonyl (C=O) groups is 2. The van der Waals surface area contributed by atoms with Crippen LogP contribution in [0.5, 0.6) is 0 Å². The molecule has 20 heteroatoms. The monoisotopic (exact) mass is 1880 g/mol. The summed E-state index contributed by atoms with van der Waals surface area (Å²) in [6.07, 6.45) is 13.3. The van der Waals surface area contributed by atoms with Crippen LogP contribution in [-0.2, 0) is 43.6 Å². The van der Waals surface area contributed by atoms with E-state index < -0.39 is 23.4 Å². The number of nitrogens with one attached hydrogen (secondary N) is 2. The van der Waals surface area contributed by atoms with Gasteiger partial charge in [0.25, 0.3) is 0 Å². The fourth-order valence-electron chi connectivity index (χ4n) is 16.1. The van der Waals surface area contributed by atoms with E-state index in [4.69, 9.17) is 29.4 Å². The fraction of sp³-hybridized carbons (Fsp3) is 0.0678. The molecular formula is C118H90Fe2N14O4. The van der Waals surface area contributed by atoms with Gasteiger partial charge in [0.15, 0.2) is 0 Å². The maximum Gasteiger partial charge on any atom is 0.412 e. The topological polar surface area (TPSA) is 231 Å². The van der Waals surface area contributed by atoms with Gasteiger partial charge >= 0.3 is 12.2 Å². The number of ether oxygens (including phenoxy) is 2. The smallest absolute Gasteiger partial charge is 0.412 e. The van der Waals surface area contributed by atoms with Gasteiger partial charge in [-0.05, 0) is 383 Å². The molecule has 0 saturated carbocycles. The first-order chi connectivity index (χ1) is 66.3. The zero-order chi connectivity index (χ0) is 92.9. The van der Waals surface area contributed by atoms with Crippen LogP contribution in [0.25, 0.3) is 202 Å². The number of carbonyl (C=O) groups excluding carboxylic acids is 2. The van der Waals surface area contributed by atoms with Crippen LogP contribution in [0.3, 0.4) is 0 Å². The molecule has 0 atom stereocenters. The molecule has 0 unspecified atom stereocenters. The van der Waals surface area contributed by atoms with E-state index in [0.717, 1.165) is 202 Å². The van der Waals surface area contributed by atoms with Gasteiger partial charge in [0.1, 0.15) is 11.2 Å². The molecule has 8 aromatic carbocycles. The molecule has 2 amide bonds. The number of hydrogen-bond donors (Lipinski definition) is 2. The fourth-order valence-corrected chi connectivity index (χ4v) is 16.1. The zero-order valence-corrected chi connectivity index (χ0v) is 78.3. The van der Waals surface area contributed by atoms with Crippen molar-refractivity contribution in [3.05, 3.63) is 426 Å². The Labute approximate surface area is 822 Å². The Hall–Kier alpha value is -16.9. The van der Waals surface area contributed by atoms with Crippen molar-refractivity contribution in [2.24, 2.45) is 0 Å². The minimum Gasteiger partial charge on any atom is -0.444 e. The minimum absolute atomic E-state index is 0. The molecule has 0 aliphatic rings. The van der Waals surface area contributed by atoms with Crippen molar-refractivity contribution in [3.63, 3.8) is 0 Å². The predicted octanol–water partition coefficient (Wildman–Crippen LogP) is 28.8. The minimum atomic E-state index is -0.615. The van der Waals surface area contributed by atoms with E-state index in [0.29, 0.717) is 11.4 Å². The first-order valence-corrected chi connectivity index (χ1v) is 44.7. The Morgan fingerprint density at radius 3 is 0.500 bits per heavy atom. The molecule has 0 aliphatic heterocycles. The molecule has 18 nitrogen and oxygen atoms in total. The number of anilines is 2. The molecular weight excluding hydrogens is 1790 g/mol. The average molecular weight is 1880 g/mol. The van der Waals surface area contributed by atoms with Gasteiger partial charge in [-0.3, -0.25) is 50.5 Å². The second kappa shape index (κ2) is 42.2. The molecule has 138 heavy (non-hydrogen) atoms. The van der Waals surface area contributed by atoms with Gasteiger partial charge in [-0.2, -0.15) is 0 Å². The number of rotatable bonds is 20. The predicted molar refractivity (Wildman–Crippen MR) is 544 cm³/mol. The Balaban J connectivity index is 0.000000188. The van der Waals surface area contributed by atoms with Gasteiger partial charge in [0.05, 0.1) is 91.1 Å². The van der Waals surface area contributed by atoms with Crippen molar-refractivity contribution >= 4 is 23.6 Å². The third-order valence-electron chi connectivity index (χ3n) is 22.4. The van der Waals surface area contributed by atoms with Crippen molar-refractivity contribution in [1.29, 1.82) is 0 Å². The van der Waals surface area contributed by atoms with Gasteiger partial charge in [-0.25, -0.2) is 29.5 Å². The van der Waals surface area contributed by atoms with Crippen LogP contribution >= 0.6 is 0 Å². The first-order valence-electron chi connectivity index (χ1n) is 44.7. The van der Waals surface area contributed by atoms with Crippen LogP contribution < -0.4 is 10.6 Å². The van der Waals surface area contributed by atoms with Crippen LogP contribution in [0.4, 0.5) is 21.0 Å². The van der Waals surface area contributed by atoms with E-state index in [1.54, 1.807) is 49.6 Å². The maximum absolute atomic E-state index is 12.7. The molecule has 12 heterocycles. The van der Waals surface area contributed by atoms with Crippen LogP contribution in [-0.4, -0.2) is 83.2 Å². The second-order valence-corrected chi connectivity index (χ2v) is 34.6. The van der Waals surface area contributed by atoms with Crippen molar-refractivity contribution in [1.82, 2.24) is 59.8 Å². The van der Waals surface area contributed by atoms with Crippen molar-refractivity contribution < 1.29 is 53.2 Å². The van der Waals surface area contributed by atoms with E-state index in [1.807, 2.05) is 236 Å². The molecule has 0 radical (unpaired) electrons. The van der Waals surface area contributed by atoms with E-state index in [1.165, 1.54) is 0 Å². The zero-order valence-electron chi connectivity index (χ0n) is 76.1. The van der Waals surface area contributed by atoms with Crippen molar-refractivity contribution in [3.8, 4) is 202 Å². The molecule has 12 aromatic heterocycles. The number of amides is 2. The van der Waals surface area contributed by atoms with E-state index in [9.17, 15) is 9.59 Å². The SMILES string of the molecule is CC(C)(C)OC(=O)Nc1ccc(-c2cc(-c3cccc(-c4cc(-c5ccccn5)nc(-c5ccccn5)c4)c3)cc(-c3cccc(-c4cc(-c5ccccn5)nc(-c5ccccn5)c4)c3)c2)cc1.CC(C)(C)OC(=O)Nc1ccc(-c2cc(-c3cccc(-c4cc(-c5ccccn5)nc(-c5ccccn5)c4)c3)cc(-c3cccc(-c4cc(-c5ccccn5)nc(-c5ccccn5)c4)c3)c2)cc1.[Fe].[Fe]. The standard InChI is InChI=1S/2C59H45N7O2.2Fe/c2*1-59(2,3)68-58(67)64-49-24-22-39(23-25-49)44-32-45(40-14-12-16-42(30-40)47-35-54(50-18-4-8-26-60-50)65-55(36-47)51-19-5-9-27-61-51)34-46(33-44)41-15-13-17-43(31-41)48-37-56(52-20-6-10-28-62-52)66-57(38-48)53-21-7-11-29-63-53;;/h2*4-38H,1-3H3,(H,64,67);;. The van der Waals surface area contributed by atoms with Crippen LogP contribution in [0.1, 0.15) is 41.5 Å². The summed E-state index contributed by atoms with van der Waals surface area (Å²) in [6, 6.07) is 127. The largest absolute Gasteiger partial charge is 0.444 e. The summed E-state index contributed by atoms with van der Waals surface area (Å²) in [4.78, 5) is 82.5. The van der Waals surface area contributed by atoms with E-state index in [-0.39, 0.29) is 34.1 Å². The molecule has 0 saturated heterocycles. The van der Waals surface area contributed by atoms with Gasteiger partial charge in [-0.1, -0.05) is 146 Å². The van der Waals surface area contributed by atoms with Gasteiger partial charge in [-0.15, -0.1) is 0 Å². The molecule has 0 bridgehead atoms. The maximum atomic E-state index is 12.7. The van der Waals surface area contributed by atoms with Gasteiger partial charge in [0.2, 0.25) is 0 Å². The number of pyridine rings is 12. The molecule has 20 aromatic rings. The third kappa shape index (κ3) is 23.0. The molecule has 2 N–H and O–H groups in total. The molecule has 20 rings (SSSR count). The summed E-state index contributed by atoms with van der Waals surface area (Å²) in [5.41, 5.74) is 32.7. The van der Waals surface area contributed by atoms with Crippen LogP contribution in [0.2, 0.25) is 0 Å². The molecule has 0 spiro atoms. The number of nitrogens with zero attached hydrogens (tertiary/aromatic N) is 12. The Kier molecular flexibility index (Phi) is 28.4. The van der Waals surface area contributed by atoms with Crippen molar-refractivity contribution in [2.75, 3.05) is 10.6 Å². The van der Waals surface area contributed by atoms with E-state index >= 15 is 0 Å². The number of hydrogen-bond acceptors (Lipinski definition) is 16. The summed E-state index contributed by atoms with van der Waals surface area (Å²) >= 11 is 0. The molecule has 0 aliphatic carbocycles. The summed E-state index contributed by atoms with van der Waals surface area (Å²) < 4.78 is 11.0. The summed E-state index contributed by atoms with van der Waals surface area (Å²) in [6.45, 7) is 11.1. The average Bonchev–Trinajstić information content (AvgIpc) is 0.777. The normalized spacial score (nSPS) is 11.1. The quantitative estimate of drug-likeness (QED) is 0.0676. The summed E-state index contributed by atoms with van der Waals surface area (Å²) in [7, 11) is 0. The van der Waals surface area contributed by atoms with Crippen molar-refractivity contribution in [2.45, 2.75) is 52.7 Å². The number of aromatic nitrogens is 12. The Bertz CT molecular complexity index is 6620. The second-order valence-electron chi connectivity index (χ2n) is 34.6. The number of benzene rings is 8. The van der Waals surface area contributed by atoms with Gasteiger partial charge in [0, 0.05) is 95.1 Å². The summed E-state index contributed by atoms with van der Waals surface area (Å²) in [5.74, 6) is 0. The van der Waals surface area contributed by atoms with Crippen LogP contribution in [0.15, 0.2) is 426 Å². The molecule has 0 fully saturated rings. The first kappa shape index (κ1) is 93.0.